The molecule has 4 nitrogen and oxygen atoms in total. The fourth-order valence-corrected chi connectivity index (χ4v) is 1.82. The molecule has 0 heterocycles. The van der Waals surface area contributed by atoms with Gasteiger partial charge in [0, 0.05) is 0 Å². The zero-order valence-corrected chi connectivity index (χ0v) is 10.9. The average molecular weight is 256 g/mol. The van der Waals surface area contributed by atoms with Crippen molar-refractivity contribution in [1.82, 2.24) is 0 Å². The van der Waals surface area contributed by atoms with Crippen molar-refractivity contribution in [2.24, 2.45) is 0 Å². The lowest BCUT2D eigenvalue weighted by Gasteiger charge is -2.11. The highest BCUT2D eigenvalue weighted by Crippen LogP contribution is 2.23. The van der Waals surface area contributed by atoms with Crippen LogP contribution in [0.3, 0.4) is 0 Å². The molecule has 0 aliphatic heterocycles. The number of nitrogens with one attached hydrogen (secondary N) is 1. The molecule has 0 saturated carbocycles. The van der Waals surface area contributed by atoms with E-state index in [0.717, 1.165) is 5.56 Å². The molecular formula is C15H16N2O2. The zero-order chi connectivity index (χ0) is 13.8. The minimum Gasteiger partial charge on any atom is -0.496 e. The van der Waals surface area contributed by atoms with E-state index in [-0.39, 0.29) is 5.91 Å². The van der Waals surface area contributed by atoms with Crippen LogP contribution >= 0.6 is 0 Å². The van der Waals surface area contributed by atoms with Crippen molar-refractivity contribution in [1.29, 1.82) is 0 Å². The first-order valence-corrected chi connectivity index (χ1v) is 5.92. The van der Waals surface area contributed by atoms with Crippen molar-refractivity contribution < 1.29 is 9.53 Å². The molecule has 0 aliphatic carbocycles. The van der Waals surface area contributed by atoms with Crippen LogP contribution in [-0.2, 0) is 0 Å². The monoisotopic (exact) mass is 256 g/mol. The van der Waals surface area contributed by atoms with Crippen molar-refractivity contribution in [3.8, 4) is 5.75 Å². The number of rotatable bonds is 3. The van der Waals surface area contributed by atoms with Gasteiger partial charge in [0.05, 0.1) is 24.0 Å². The predicted molar refractivity (Wildman–Crippen MR) is 76.5 cm³/mol. The third-order valence-electron chi connectivity index (χ3n) is 2.81. The Morgan fingerprint density at radius 2 is 1.95 bits per heavy atom. The van der Waals surface area contributed by atoms with Crippen molar-refractivity contribution in [2.75, 3.05) is 18.2 Å². The highest BCUT2D eigenvalue weighted by molar-refractivity contribution is 6.07. The summed E-state index contributed by atoms with van der Waals surface area (Å²) in [6.07, 6.45) is 0. The summed E-state index contributed by atoms with van der Waals surface area (Å²) in [5, 5.41) is 2.78. The molecule has 3 N–H and O–H groups in total. The minimum absolute atomic E-state index is 0.243. The molecule has 0 saturated heterocycles. The molecule has 0 fully saturated rings. The summed E-state index contributed by atoms with van der Waals surface area (Å²) in [5.41, 5.74) is 8.54. The maximum absolute atomic E-state index is 12.2. The summed E-state index contributed by atoms with van der Waals surface area (Å²) in [6.45, 7) is 1.95. The number of carbonyl (C=O) groups excluding carboxylic acids is 1. The molecule has 0 bridgehead atoms. The van der Waals surface area contributed by atoms with E-state index in [2.05, 4.69) is 5.32 Å². The van der Waals surface area contributed by atoms with Gasteiger partial charge >= 0.3 is 0 Å². The molecule has 19 heavy (non-hydrogen) atoms. The number of nitrogens with two attached hydrogens (primary N) is 1. The standard InChI is InChI=1S/C15H16N2O2/c1-10-7-8-13(12(16)9-10)17-15(18)11-5-3-4-6-14(11)19-2/h3-9H,16H2,1-2H3,(H,17,18). The highest BCUT2D eigenvalue weighted by atomic mass is 16.5. The predicted octanol–water partition coefficient (Wildman–Crippen LogP) is 2.84. The van der Waals surface area contributed by atoms with E-state index in [0.29, 0.717) is 22.7 Å². The van der Waals surface area contributed by atoms with E-state index in [9.17, 15) is 4.79 Å². The number of ether oxygens (including phenoxy) is 1. The van der Waals surface area contributed by atoms with Gasteiger partial charge in [0.25, 0.3) is 5.91 Å². The normalized spacial score (nSPS) is 10.0. The molecule has 0 radical (unpaired) electrons. The van der Waals surface area contributed by atoms with E-state index in [1.54, 1.807) is 24.3 Å². The van der Waals surface area contributed by atoms with E-state index in [1.807, 2.05) is 25.1 Å². The molecule has 4 heteroatoms. The number of benzene rings is 2. The molecule has 1 amide bonds. The third kappa shape index (κ3) is 2.85. The lowest BCUT2D eigenvalue weighted by atomic mass is 10.1. The van der Waals surface area contributed by atoms with Crippen LogP contribution in [0.4, 0.5) is 11.4 Å². The van der Waals surface area contributed by atoms with E-state index < -0.39 is 0 Å². The fourth-order valence-electron chi connectivity index (χ4n) is 1.82. The number of para-hydroxylation sites is 1. The fraction of sp³-hybridized carbons (Fsp3) is 0.133. The van der Waals surface area contributed by atoms with Crippen LogP contribution in [-0.4, -0.2) is 13.0 Å². The Kier molecular flexibility index (Phi) is 3.71. The molecule has 2 aromatic rings. The van der Waals surface area contributed by atoms with Crippen molar-refractivity contribution in [3.05, 3.63) is 53.6 Å². The Morgan fingerprint density at radius 3 is 2.63 bits per heavy atom. The van der Waals surface area contributed by atoms with E-state index in [1.165, 1.54) is 7.11 Å². The SMILES string of the molecule is COc1ccccc1C(=O)Nc1ccc(C)cc1N. The molecule has 0 aliphatic rings. The molecule has 0 aromatic heterocycles. The first-order chi connectivity index (χ1) is 9.11. The van der Waals surface area contributed by atoms with E-state index >= 15 is 0 Å². The van der Waals surface area contributed by atoms with Gasteiger partial charge in [0.15, 0.2) is 0 Å². The molecule has 2 aromatic carbocycles. The number of aryl methyl sites for hydroxylation is 1. The number of carbonyl (C=O) groups is 1. The van der Waals surface area contributed by atoms with Gasteiger partial charge in [0.2, 0.25) is 0 Å². The van der Waals surface area contributed by atoms with Gasteiger partial charge < -0.3 is 15.8 Å². The Morgan fingerprint density at radius 1 is 1.21 bits per heavy atom. The molecular weight excluding hydrogens is 240 g/mol. The van der Waals surface area contributed by atoms with Gasteiger partial charge in [0.1, 0.15) is 5.75 Å². The number of hydrogen-bond donors (Lipinski definition) is 2. The summed E-state index contributed by atoms with van der Waals surface area (Å²) in [5.74, 6) is 0.290. The lowest BCUT2D eigenvalue weighted by molar-refractivity contribution is 0.102. The summed E-state index contributed by atoms with van der Waals surface area (Å²) in [7, 11) is 1.53. The van der Waals surface area contributed by atoms with Crippen molar-refractivity contribution in [2.45, 2.75) is 6.92 Å². The first kappa shape index (κ1) is 13.0. The largest absolute Gasteiger partial charge is 0.496 e. The lowest BCUT2D eigenvalue weighted by Crippen LogP contribution is -2.14. The second kappa shape index (κ2) is 5.44. The Balaban J connectivity index is 2.26. The van der Waals surface area contributed by atoms with Crippen molar-refractivity contribution >= 4 is 17.3 Å². The summed E-state index contributed by atoms with van der Waals surface area (Å²) in [6, 6.07) is 12.6. The quantitative estimate of drug-likeness (QED) is 0.830. The van der Waals surface area contributed by atoms with Gasteiger partial charge in [-0.25, -0.2) is 0 Å². The van der Waals surface area contributed by atoms with Crippen LogP contribution in [0.15, 0.2) is 42.5 Å². The number of hydrogen-bond acceptors (Lipinski definition) is 3. The summed E-state index contributed by atoms with van der Waals surface area (Å²) in [4.78, 5) is 12.2. The van der Waals surface area contributed by atoms with Crippen LogP contribution in [0.25, 0.3) is 0 Å². The molecule has 98 valence electrons. The maximum Gasteiger partial charge on any atom is 0.259 e. The van der Waals surface area contributed by atoms with Crippen molar-refractivity contribution in [3.63, 3.8) is 0 Å². The Hall–Kier alpha value is -2.49. The number of nitrogen functional groups attached to an aromatic ring is 1. The van der Waals surface area contributed by atoms with Gasteiger partial charge in [-0.15, -0.1) is 0 Å². The molecule has 0 atom stereocenters. The number of methoxy groups -OCH3 is 1. The summed E-state index contributed by atoms with van der Waals surface area (Å²) < 4.78 is 5.16. The maximum atomic E-state index is 12.2. The summed E-state index contributed by atoms with van der Waals surface area (Å²) >= 11 is 0. The second-order valence-corrected chi connectivity index (χ2v) is 4.25. The third-order valence-corrected chi connectivity index (χ3v) is 2.81. The van der Waals surface area contributed by atoms with Gasteiger partial charge in [-0.2, -0.15) is 0 Å². The van der Waals surface area contributed by atoms with Gasteiger partial charge in [-0.05, 0) is 36.8 Å². The van der Waals surface area contributed by atoms with Gasteiger partial charge in [-0.1, -0.05) is 18.2 Å². The highest BCUT2D eigenvalue weighted by Gasteiger charge is 2.12. The van der Waals surface area contributed by atoms with Crippen LogP contribution in [0, 0.1) is 6.92 Å². The molecule has 0 unspecified atom stereocenters. The molecule has 2 rings (SSSR count). The number of amides is 1. The second-order valence-electron chi connectivity index (χ2n) is 4.25. The van der Waals surface area contributed by atoms with Crippen LogP contribution in [0.5, 0.6) is 5.75 Å². The van der Waals surface area contributed by atoms with Crippen LogP contribution in [0.2, 0.25) is 0 Å². The van der Waals surface area contributed by atoms with Crippen LogP contribution < -0.4 is 15.8 Å². The Bertz CT molecular complexity index is 609. The topological polar surface area (TPSA) is 64.3 Å². The smallest absolute Gasteiger partial charge is 0.259 e. The van der Waals surface area contributed by atoms with E-state index in [4.69, 9.17) is 10.5 Å². The molecule has 0 spiro atoms. The first-order valence-electron chi connectivity index (χ1n) is 5.92. The van der Waals surface area contributed by atoms with Crippen LogP contribution in [0.1, 0.15) is 15.9 Å². The zero-order valence-electron chi connectivity index (χ0n) is 10.9. The average Bonchev–Trinajstić information content (AvgIpc) is 2.41. The minimum atomic E-state index is -0.243. The number of anilines is 2. The van der Waals surface area contributed by atoms with Gasteiger partial charge in [-0.3, -0.25) is 4.79 Å². The Labute approximate surface area is 112 Å².